The molecule has 0 bridgehead atoms. The first kappa shape index (κ1) is 9.47. The van der Waals surface area contributed by atoms with Crippen LogP contribution in [0.25, 0.3) is 0 Å². The Hall–Kier alpha value is -0.0800. The molecule has 0 heterocycles. The molecular formula is C11H21NO. The highest BCUT2D eigenvalue weighted by Gasteiger charge is 2.49. The van der Waals surface area contributed by atoms with Crippen molar-refractivity contribution in [3.63, 3.8) is 0 Å². The predicted molar refractivity (Wildman–Crippen MR) is 52.9 cm³/mol. The van der Waals surface area contributed by atoms with Gasteiger partial charge < -0.3 is 4.84 Å². The van der Waals surface area contributed by atoms with E-state index >= 15 is 0 Å². The van der Waals surface area contributed by atoms with Crippen LogP contribution in [0, 0.1) is 17.3 Å². The highest BCUT2D eigenvalue weighted by molar-refractivity contribution is 4.99. The smallest absolute Gasteiger partial charge is 0.0738 e. The molecule has 0 aromatic carbocycles. The summed E-state index contributed by atoms with van der Waals surface area (Å²) in [5, 5.41) is 0. The maximum Gasteiger partial charge on any atom is 0.0738 e. The minimum atomic E-state index is 0.509. The Balaban J connectivity index is 1.87. The molecule has 0 atom stereocenters. The summed E-state index contributed by atoms with van der Waals surface area (Å²) in [5.74, 6) is 7.05. The van der Waals surface area contributed by atoms with Crippen molar-refractivity contribution in [1.82, 2.24) is 0 Å². The third-order valence-electron chi connectivity index (χ3n) is 4.14. The Kier molecular flexibility index (Phi) is 2.61. The quantitative estimate of drug-likeness (QED) is 0.682. The fourth-order valence-electron chi connectivity index (χ4n) is 2.87. The number of nitrogens with two attached hydrogens (primary N) is 1. The van der Waals surface area contributed by atoms with Crippen LogP contribution >= 0.6 is 0 Å². The minimum absolute atomic E-state index is 0.509. The molecule has 0 unspecified atom stereocenters. The van der Waals surface area contributed by atoms with Crippen molar-refractivity contribution in [2.45, 2.75) is 45.4 Å². The molecule has 2 rings (SSSR count). The van der Waals surface area contributed by atoms with Gasteiger partial charge in [0.15, 0.2) is 0 Å². The molecular weight excluding hydrogens is 162 g/mol. The third-order valence-corrected chi connectivity index (χ3v) is 4.14. The topological polar surface area (TPSA) is 35.2 Å². The molecule has 0 spiro atoms. The van der Waals surface area contributed by atoms with Crippen LogP contribution < -0.4 is 5.90 Å². The first-order valence-corrected chi connectivity index (χ1v) is 5.58. The average molecular weight is 183 g/mol. The van der Waals surface area contributed by atoms with Gasteiger partial charge in [-0.3, -0.25) is 0 Å². The van der Waals surface area contributed by atoms with Crippen LogP contribution in [0.4, 0.5) is 0 Å². The van der Waals surface area contributed by atoms with E-state index in [1.807, 2.05) is 0 Å². The lowest BCUT2D eigenvalue weighted by molar-refractivity contribution is 0.0493. The number of hydrogen-bond acceptors (Lipinski definition) is 2. The van der Waals surface area contributed by atoms with E-state index < -0.39 is 0 Å². The lowest BCUT2D eigenvalue weighted by atomic mass is 9.75. The zero-order valence-electron chi connectivity index (χ0n) is 8.59. The van der Waals surface area contributed by atoms with E-state index in [2.05, 4.69) is 6.92 Å². The van der Waals surface area contributed by atoms with Crippen LogP contribution in [0.5, 0.6) is 0 Å². The summed E-state index contributed by atoms with van der Waals surface area (Å²) in [6.45, 7) is 3.17. The van der Waals surface area contributed by atoms with E-state index in [4.69, 9.17) is 10.7 Å². The SMILES string of the molecule is CC1CCC(C2(CON)CC2)CC1. The zero-order chi connectivity index (χ0) is 9.31. The molecule has 2 fully saturated rings. The van der Waals surface area contributed by atoms with Crippen LogP contribution in [0.1, 0.15) is 45.4 Å². The Morgan fingerprint density at radius 3 is 2.31 bits per heavy atom. The minimum Gasteiger partial charge on any atom is -0.304 e. The highest BCUT2D eigenvalue weighted by Crippen LogP contribution is 2.56. The van der Waals surface area contributed by atoms with E-state index in [0.717, 1.165) is 18.4 Å². The Morgan fingerprint density at radius 2 is 1.85 bits per heavy atom. The van der Waals surface area contributed by atoms with E-state index in [1.54, 1.807) is 0 Å². The first-order chi connectivity index (χ1) is 6.27. The summed E-state index contributed by atoms with van der Waals surface area (Å²) in [7, 11) is 0. The first-order valence-electron chi connectivity index (χ1n) is 5.58. The van der Waals surface area contributed by atoms with Crippen molar-refractivity contribution in [2.24, 2.45) is 23.1 Å². The van der Waals surface area contributed by atoms with Crippen LogP contribution in [-0.2, 0) is 4.84 Å². The second-order valence-electron chi connectivity index (χ2n) is 5.13. The average Bonchev–Trinajstić information content (AvgIpc) is 2.87. The zero-order valence-corrected chi connectivity index (χ0v) is 8.59. The summed E-state index contributed by atoms with van der Waals surface area (Å²) >= 11 is 0. The van der Waals surface area contributed by atoms with E-state index in [1.165, 1.54) is 38.5 Å². The molecule has 0 aromatic heterocycles. The standard InChI is InChI=1S/C11H21NO/c1-9-2-4-10(5-3-9)11(6-7-11)8-13-12/h9-10H,2-8,12H2,1H3. The van der Waals surface area contributed by atoms with Gasteiger partial charge in [-0.1, -0.05) is 19.8 Å². The van der Waals surface area contributed by atoms with Crippen molar-refractivity contribution in [3.8, 4) is 0 Å². The molecule has 2 nitrogen and oxygen atoms in total. The lowest BCUT2D eigenvalue weighted by Gasteiger charge is -2.32. The molecule has 2 heteroatoms. The third kappa shape index (κ3) is 1.89. The van der Waals surface area contributed by atoms with E-state index in [-0.39, 0.29) is 0 Å². The number of rotatable bonds is 3. The maximum atomic E-state index is 5.19. The van der Waals surface area contributed by atoms with Gasteiger partial charge >= 0.3 is 0 Å². The van der Waals surface area contributed by atoms with Gasteiger partial charge in [-0.2, -0.15) is 0 Å². The molecule has 0 aromatic rings. The van der Waals surface area contributed by atoms with Gasteiger partial charge in [0, 0.05) is 0 Å². The molecule has 2 saturated carbocycles. The van der Waals surface area contributed by atoms with E-state index in [0.29, 0.717) is 5.41 Å². The molecule has 2 N–H and O–H groups in total. The summed E-state index contributed by atoms with van der Waals surface area (Å²) in [4.78, 5) is 4.85. The van der Waals surface area contributed by atoms with Gasteiger partial charge in [-0.15, -0.1) is 0 Å². The second-order valence-corrected chi connectivity index (χ2v) is 5.13. The molecule has 0 saturated heterocycles. The summed E-state index contributed by atoms with van der Waals surface area (Å²) in [5.41, 5.74) is 0.509. The highest BCUT2D eigenvalue weighted by atomic mass is 16.6. The molecule has 0 aliphatic heterocycles. The molecule has 13 heavy (non-hydrogen) atoms. The normalized spacial score (nSPS) is 37.4. The molecule has 76 valence electrons. The Bertz CT molecular complexity index is 169. The number of hydrogen-bond donors (Lipinski definition) is 1. The van der Waals surface area contributed by atoms with Gasteiger partial charge in [-0.25, -0.2) is 5.90 Å². The van der Waals surface area contributed by atoms with Crippen molar-refractivity contribution >= 4 is 0 Å². The summed E-state index contributed by atoms with van der Waals surface area (Å²) in [6.07, 6.45) is 8.34. The van der Waals surface area contributed by atoms with Crippen LogP contribution in [0.15, 0.2) is 0 Å². The van der Waals surface area contributed by atoms with Gasteiger partial charge in [0.2, 0.25) is 0 Å². The van der Waals surface area contributed by atoms with Crippen molar-refractivity contribution < 1.29 is 4.84 Å². The Morgan fingerprint density at radius 1 is 1.23 bits per heavy atom. The van der Waals surface area contributed by atoms with Crippen molar-refractivity contribution in [1.29, 1.82) is 0 Å². The fraction of sp³-hybridized carbons (Fsp3) is 1.00. The van der Waals surface area contributed by atoms with Crippen LogP contribution in [-0.4, -0.2) is 6.61 Å². The summed E-state index contributed by atoms with van der Waals surface area (Å²) in [6, 6.07) is 0. The van der Waals surface area contributed by atoms with Gasteiger partial charge in [-0.05, 0) is 42.9 Å². The van der Waals surface area contributed by atoms with Gasteiger partial charge in [0.1, 0.15) is 0 Å². The molecule has 0 amide bonds. The molecule has 2 aliphatic rings. The van der Waals surface area contributed by atoms with Gasteiger partial charge in [0.25, 0.3) is 0 Å². The predicted octanol–water partition coefficient (Wildman–Crippen LogP) is 2.48. The largest absolute Gasteiger partial charge is 0.304 e. The van der Waals surface area contributed by atoms with Crippen molar-refractivity contribution in [2.75, 3.05) is 6.61 Å². The summed E-state index contributed by atoms with van der Waals surface area (Å²) < 4.78 is 0. The van der Waals surface area contributed by atoms with Crippen molar-refractivity contribution in [3.05, 3.63) is 0 Å². The molecule has 0 radical (unpaired) electrons. The van der Waals surface area contributed by atoms with Crippen LogP contribution in [0.3, 0.4) is 0 Å². The second kappa shape index (κ2) is 3.58. The fourth-order valence-corrected chi connectivity index (χ4v) is 2.87. The van der Waals surface area contributed by atoms with Gasteiger partial charge in [0.05, 0.1) is 6.61 Å². The van der Waals surface area contributed by atoms with Crippen LogP contribution in [0.2, 0.25) is 0 Å². The Labute approximate surface area is 80.8 Å². The maximum absolute atomic E-state index is 5.19. The molecule has 2 aliphatic carbocycles. The lowest BCUT2D eigenvalue weighted by Crippen LogP contribution is -2.27. The van der Waals surface area contributed by atoms with E-state index in [9.17, 15) is 0 Å². The monoisotopic (exact) mass is 183 g/mol.